The molecule has 1 atom stereocenters. The normalized spacial score (nSPS) is 19.1. The minimum atomic E-state index is -0.169. The number of likely N-dealkylation sites (tertiary alicyclic amines) is 1. The lowest BCUT2D eigenvalue weighted by Gasteiger charge is -2.47. The second kappa shape index (κ2) is 9.11. The highest BCUT2D eigenvalue weighted by Crippen LogP contribution is 2.34. The quantitative estimate of drug-likeness (QED) is 0.578. The Kier molecular flexibility index (Phi) is 6.53. The zero-order valence-electron chi connectivity index (χ0n) is 17.2. The molecular formula is C23H29Cl2N3O. The number of pyridine rings is 1. The van der Waals surface area contributed by atoms with Crippen LogP contribution in [0, 0.1) is 0 Å². The van der Waals surface area contributed by atoms with E-state index < -0.39 is 0 Å². The average molecular weight is 434 g/mol. The van der Waals surface area contributed by atoms with Crippen LogP contribution in [0.5, 0.6) is 5.75 Å². The molecule has 6 heteroatoms. The first kappa shape index (κ1) is 20.8. The molecule has 2 fully saturated rings. The van der Waals surface area contributed by atoms with E-state index in [9.17, 15) is 0 Å². The molecule has 2 saturated heterocycles. The van der Waals surface area contributed by atoms with Gasteiger partial charge < -0.3 is 9.64 Å². The number of rotatable bonds is 6. The van der Waals surface area contributed by atoms with Crippen LogP contribution in [0.1, 0.15) is 50.3 Å². The first-order valence-electron chi connectivity index (χ1n) is 10.6. The monoisotopic (exact) mass is 433 g/mol. The Hall–Kier alpha value is -1.49. The Labute approximate surface area is 183 Å². The summed E-state index contributed by atoms with van der Waals surface area (Å²) in [5.41, 5.74) is 2.05. The van der Waals surface area contributed by atoms with Crippen molar-refractivity contribution in [3.05, 3.63) is 51.6 Å². The number of ether oxygens (including phenoxy) is 1. The van der Waals surface area contributed by atoms with Crippen molar-refractivity contribution in [1.82, 2.24) is 9.88 Å². The molecule has 156 valence electrons. The number of anilines is 1. The molecule has 1 aromatic heterocycles. The molecule has 4 nitrogen and oxygen atoms in total. The zero-order chi connectivity index (χ0) is 20.4. The van der Waals surface area contributed by atoms with Gasteiger partial charge in [-0.15, -0.1) is 0 Å². The summed E-state index contributed by atoms with van der Waals surface area (Å²) in [6.07, 6.45) is 6.71. The van der Waals surface area contributed by atoms with Gasteiger partial charge in [0.15, 0.2) is 0 Å². The highest BCUT2D eigenvalue weighted by atomic mass is 35.5. The lowest BCUT2D eigenvalue weighted by atomic mass is 10.0. The van der Waals surface area contributed by atoms with Crippen LogP contribution in [0.4, 0.5) is 5.82 Å². The van der Waals surface area contributed by atoms with E-state index in [2.05, 4.69) is 22.8 Å². The van der Waals surface area contributed by atoms with Gasteiger partial charge in [0.2, 0.25) is 0 Å². The van der Waals surface area contributed by atoms with Crippen LogP contribution in [-0.4, -0.2) is 42.1 Å². The second-order valence-electron chi connectivity index (χ2n) is 8.09. The van der Waals surface area contributed by atoms with E-state index >= 15 is 0 Å². The van der Waals surface area contributed by atoms with Crippen LogP contribution in [0.2, 0.25) is 10.0 Å². The Morgan fingerprint density at radius 3 is 2.59 bits per heavy atom. The Balaban J connectivity index is 1.46. The number of hydrogen-bond donors (Lipinski definition) is 0. The third-order valence-corrected chi connectivity index (χ3v) is 6.67. The minimum Gasteiger partial charge on any atom is -0.485 e. The predicted molar refractivity (Wildman–Crippen MR) is 121 cm³/mol. The predicted octanol–water partition coefficient (Wildman–Crippen LogP) is 5.77. The molecule has 0 spiro atoms. The average Bonchev–Trinajstić information content (AvgIpc) is 2.68. The van der Waals surface area contributed by atoms with E-state index in [1.54, 1.807) is 6.07 Å². The van der Waals surface area contributed by atoms with Crippen molar-refractivity contribution in [2.45, 2.75) is 51.7 Å². The maximum Gasteiger partial charge on any atom is 0.132 e. The van der Waals surface area contributed by atoms with Crippen LogP contribution in [0.3, 0.4) is 0 Å². The third-order valence-electron chi connectivity index (χ3n) is 6.11. The largest absolute Gasteiger partial charge is 0.485 e. The van der Waals surface area contributed by atoms with E-state index in [1.165, 1.54) is 32.4 Å². The fourth-order valence-corrected chi connectivity index (χ4v) is 4.81. The van der Waals surface area contributed by atoms with E-state index in [1.807, 2.05) is 25.3 Å². The first-order valence-corrected chi connectivity index (χ1v) is 11.4. The maximum atomic E-state index is 6.38. The molecule has 4 rings (SSSR count). The van der Waals surface area contributed by atoms with Gasteiger partial charge in [0.05, 0.1) is 0 Å². The summed E-state index contributed by atoms with van der Waals surface area (Å²) in [6, 6.07) is 8.30. The Morgan fingerprint density at radius 1 is 1.14 bits per heavy atom. The fraction of sp³-hybridized carbons (Fsp3) is 0.522. The van der Waals surface area contributed by atoms with Gasteiger partial charge in [-0.25, -0.2) is 4.98 Å². The molecule has 0 saturated carbocycles. The molecule has 0 N–H and O–H groups in total. The summed E-state index contributed by atoms with van der Waals surface area (Å²) in [5.74, 6) is 1.89. The Bertz CT molecular complexity index is 848. The molecule has 0 bridgehead atoms. The molecule has 2 aliphatic rings. The second-order valence-corrected chi connectivity index (χ2v) is 8.93. The van der Waals surface area contributed by atoms with Crippen molar-refractivity contribution in [3.8, 4) is 5.75 Å². The summed E-state index contributed by atoms with van der Waals surface area (Å²) in [6.45, 7) is 8.74. The van der Waals surface area contributed by atoms with Gasteiger partial charge >= 0.3 is 0 Å². The zero-order valence-corrected chi connectivity index (χ0v) is 18.7. The number of piperidine rings is 1. The van der Waals surface area contributed by atoms with E-state index in [0.29, 0.717) is 16.1 Å². The molecule has 1 aromatic carbocycles. The number of hydrogen-bond acceptors (Lipinski definition) is 4. The van der Waals surface area contributed by atoms with Crippen molar-refractivity contribution < 1.29 is 4.74 Å². The maximum absolute atomic E-state index is 6.38. The van der Waals surface area contributed by atoms with Gasteiger partial charge in [0, 0.05) is 52.6 Å². The van der Waals surface area contributed by atoms with Crippen molar-refractivity contribution in [3.63, 3.8) is 0 Å². The van der Waals surface area contributed by atoms with Gasteiger partial charge in [0.25, 0.3) is 0 Å². The number of benzene rings is 1. The number of halogens is 2. The van der Waals surface area contributed by atoms with Crippen molar-refractivity contribution >= 4 is 29.0 Å². The standard InChI is InChI=1S/C23H29Cl2N3O/c1-3-17-13-26-23(28-14-19(15-28)27-9-5-4-6-10-27)12-22(17)29-16(2)20-8-7-18(24)11-21(20)25/h7-8,11-13,16,19H,3-6,9-10,14-15H2,1-2H3/t16-/m1/s1. The molecule has 0 amide bonds. The highest BCUT2D eigenvalue weighted by Gasteiger charge is 2.33. The summed E-state index contributed by atoms with van der Waals surface area (Å²) in [5, 5.41) is 1.26. The molecule has 3 heterocycles. The molecule has 0 radical (unpaired) electrons. The fourth-order valence-electron chi connectivity index (χ4n) is 4.25. The summed E-state index contributed by atoms with van der Waals surface area (Å²) < 4.78 is 6.34. The third kappa shape index (κ3) is 4.65. The van der Waals surface area contributed by atoms with E-state index in [0.717, 1.165) is 42.2 Å². The van der Waals surface area contributed by atoms with Crippen LogP contribution < -0.4 is 9.64 Å². The molecular weight excluding hydrogens is 405 g/mol. The number of aryl methyl sites for hydroxylation is 1. The number of aromatic nitrogens is 1. The molecule has 2 aliphatic heterocycles. The first-order chi connectivity index (χ1) is 14.0. The highest BCUT2D eigenvalue weighted by molar-refractivity contribution is 6.35. The van der Waals surface area contributed by atoms with Crippen LogP contribution in [0.25, 0.3) is 0 Å². The van der Waals surface area contributed by atoms with Crippen molar-refractivity contribution in [2.24, 2.45) is 0 Å². The van der Waals surface area contributed by atoms with Crippen LogP contribution in [-0.2, 0) is 6.42 Å². The topological polar surface area (TPSA) is 28.6 Å². The summed E-state index contributed by atoms with van der Waals surface area (Å²) in [4.78, 5) is 9.70. The minimum absolute atomic E-state index is 0.169. The van der Waals surface area contributed by atoms with Gasteiger partial charge in [0.1, 0.15) is 17.7 Å². The van der Waals surface area contributed by atoms with Gasteiger partial charge in [-0.2, -0.15) is 0 Å². The van der Waals surface area contributed by atoms with Crippen molar-refractivity contribution in [1.29, 1.82) is 0 Å². The van der Waals surface area contributed by atoms with Gasteiger partial charge in [-0.05, 0) is 51.4 Å². The lowest BCUT2D eigenvalue weighted by molar-refractivity contribution is 0.138. The van der Waals surface area contributed by atoms with E-state index in [-0.39, 0.29) is 6.10 Å². The SMILES string of the molecule is CCc1cnc(N2CC(N3CCCCC3)C2)cc1O[C@H](C)c1ccc(Cl)cc1Cl. The molecule has 29 heavy (non-hydrogen) atoms. The van der Waals surface area contributed by atoms with Crippen molar-refractivity contribution in [2.75, 3.05) is 31.1 Å². The molecule has 0 unspecified atom stereocenters. The number of nitrogens with zero attached hydrogens (tertiary/aromatic N) is 3. The molecule has 0 aliphatic carbocycles. The smallest absolute Gasteiger partial charge is 0.132 e. The van der Waals surface area contributed by atoms with E-state index in [4.69, 9.17) is 32.9 Å². The molecule has 2 aromatic rings. The van der Waals surface area contributed by atoms with Crippen LogP contribution in [0.15, 0.2) is 30.5 Å². The lowest BCUT2D eigenvalue weighted by Crippen LogP contribution is -2.60. The summed E-state index contributed by atoms with van der Waals surface area (Å²) >= 11 is 12.4. The summed E-state index contributed by atoms with van der Waals surface area (Å²) in [7, 11) is 0. The van der Waals surface area contributed by atoms with Crippen LogP contribution >= 0.6 is 23.2 Å². The Morgan fingerprint density at radius 2 is 1.90 bits per heavy atom. The van der Waals surface area contributed by atoms with Gasteiger partial charge in [-0.1, -0.05) is 42.6 Å². The van der Waals surface area contributed by atoms with Gasteiger partial charge in [-0.3, -0.25) is 4.90 Å².